The number of thioether (sulfide) groups is 1. The van der Waals surface area contributed by atoms with Gasteiger partial charge in [0.1, 0.15) is 0 Å². The van der Waals surface area contributed by atoms with Gasteiger partial charge in [-0.05, 0) is 18.9 Å². The summed E-state index contributed by atoms with van der Waals surface area (Å²) in [5.74, 6) is 1.35. The van der Waals surface area contributed by atoms with Crippen LogP contribution in [0, 0.1) is 6.92 Å². The summed E-state index contributed by atoms with van der Waals surface area (Å²) >= 11 is 1.54. The summed E-state index contributed by atoms with van der Waals surface area (Å²) < 4.78 is 22.6. The lowest BCUT2D eigenvalue weighted by Crippen LogP contribution is -2.36. The van der Waals surface area contributed by atoms with E-state index in [-0.39, 0.29) is 23.5 Å². The highest BCUT2D eigenvalue weighted by molar-refractivity contribution is 7.99. The number of carbonyl (C=O) groups excluding carboxylic acids is 1. The Kier molecular flexibility index (Phi) is 5.10. The molecular formula is C14H19NO3S2. The Bertz CT molecular complexity index is 567. The molecule has 1 amide bonds. The highest BCUT2D eigenvalue weighted by Crippen LogP contribution is 2.14. The van der Waals surface area contributed by atoms with E-state index in [9.17, 15) is 13.2 Å². The molecule has 1 aliphatic heterocycles. The normalized spacial score (nSPS) is 20.8. The van der Waals surface area contributed by atoms with E-state index in [1.165, 1.54) is 11.1 Å². The second kappa shape index (κ2) is 6.63. The Labute approximate surface area is 124 Å². The summed E-state index contributed by atoms with van der Waals surface area (Å²) in [6.45, 7) is 2.04. The van der Waals surface area contributed by atoms with Gasteiger partial charge in [0.25, 0.3) is 0 Å². The summed E-state index contributed by atoms with van der Waals surface area (Å²) in [5, 5.41) is 2.79. The lowest BCUT2D eigenvalue weighted by molar-refractivity contribution is -0.119. The Morgan fingerprint density at radius 2 is 2.05 bits per heavy atom. The first-order valence-corrected chi connectivity index (χ1v) is 9.55. The summed E-state index contributed by atoms with van der Waals surface area (Å²) in [6.07, 6.45) is 0.538. The van der Waals surface area contributed by atoms with Crippen molar-refractivity contribution in [2.75, 3.05) is 17.3 Å². The van der Waals surface area contributed by atoms with E-state index in [0.29, 0.717) is 12.2 Å². The molecule has 1 aromatic rings. The molecule has 1 atom stereocenters. The number of sulfone groups is 1. The van der Waals surface area contributed by atoms with Crippen LogP contribution in [-0.4, -0.2) is 37.6 Å². The maximum absolute atomic E-state index is 11.7. The van der Waals surface area contributed by atoms with Crippen molar-refractivity contribution >= 4 is 27.5 Å². The largest absolute Gasteiger partial charge is 0.352 e. The van der Waals surface area contributed by atoms with Crippen molar-refractivity contribution in [3.63, 3.8) is 0 Å². The van der Waals surface area contributed by atoms with Gasteiger partial charge in [0.15, 0.2) is 9.84 Å². The second-order valence-corrected chi connectivity index (χ2v) is 8.36. The number of nitrogens with one attached hydrogen (secondary N) is 1. The van der Waals surface area contributed by atoms with E-state index in [0.717, 1.165) is 5.75 Å². The minimum absolute atomic E-state index is 0.0794. The molecule has 1 fully saturated rings. The smallest absolute Gasteiger partial charge is 0.230 e. The third kappa shape index (κ3) is 4.83. The quantitative estimate of drug-likeness (QED) is 0.895. The lowest BCUT2D eigenvalue weighted by atomic mass is 10.2. The van der Waals surface area contributed by atoms with Gasteiger partial charge in [0.05, 0.1) is 17.3 Å². The zero-order valence-corrected chi connectivity index (χ0v) is 13.1. The summed E-state index contributed by atoms with van der Waals surface area (Å²) in [5.41, 5.74) is 2.41. The standard InChI is InChI=1S/C14H19NO3S2/c1-11-2-4-12(5-3-11)8-19-9-14(16)15-13-6-7-20(17,18)10-13/h2-5,13H,6-10H2,1H3,(H,15,16). The number of carbonyl (C=O) groups is 1. The zero-order valence-electron chi connectivity index (χ0n) is 11.5. The van der Waals surface area contributed by atoms with Crippen LogP contribution in [0.15, 0.2) is 24.3 Å². The van der Waals surface area contributed by atoms with Crippen LogP contribution in [0.1, 0.15) is 17.5 Å². The van der Waals surface area contributed by atoms with Crippen LogP contribution < -0.4 is 5.32 Å². The molecule has 6 heteroatoms. The van der Waals surface area contributed by atoms with Crippen molar-refractivity contribution in [2.24, 2.45) is 0 Å². The van der Waals surface area contributed by atoms with Crippen LogP contribution in [0.25, 0.3) is 0 Å². The molecule has 1 unspecified atom stereocenters. The molecule has 1 N–H and O–H groups in total. The Morgan fingerprint density at radius 3 is 2.65 bits per heavy atom. The van der Waals surface area contributed by atoms with E-state index in [1.54, 1.807) is 11.8 Å². The molecule has 1 aliphatic rings. The van der Waals surface area contributed by atoms with E-state index in [4.69, 9.17) is 0 Å². The van der Waals surface area contributed by atoms with Crippen LogP contribution in [0.4, 0.5) is 0 Å². The summed E-state index contributed by atoms with van der Waals surface area (Å²) in [4.78, 5) is 11.7. The van der Waals surface area contributed by atoms with Crippen LogP contribution >= 0.6 is 11.8 Å². The minimum atomic E-state index is -2.93. The van der Waals surface area contributed by atoms with Crippen molar-refractivity contribution in [3.8, 4) is 0 Å². The third-order valence-electron chi connectivity index (χ3n) is 3.22. The van der Waals surface area contributed by atoms with Gasteiger partial charge in [-0.15, -0.1) is 11.8 Å². The molecule has 0 spiro atoms. The van der Waals surface area contributed by atoms with Gasteiger partial charge in [0.2, 0.25) is 5.91 Å². The molecule has 110 valence electrons. The molecule has 0 aromatic heterocycles. The number of aryl methyl sites for hydroxylation is 1. The Morgan fingerprint density at radius 1 is 1.35 bits per heavy atom. The van der Waals surface area contributed by atoms with Crippen molar-refractivity contribution in [3.05, 3.63) is 35.4 Å². The van der Waals surface area contributed by atoms with Crippen LogP contribution in [0.3, 0.4) is 0 Å². The zero-order chi connectivity index (χ0) is 14.6. The van der Waals surface area contributed by atoms with Crippen molar-refractivity contribution in [2.45, 2.75) is 25.1 Å². The van der Waals surface area contributed by atoms with Gasteiger partial charge in [-0.25, -0.2) is 8.42 Å². The van der Waals surface area contributed by atoms with Gasteiger partial charge >= 0.3 is 0 Å². The lowest BCUT2D eigenvalue weighted by Gasteiger charge is -2.10. The van der Waals surface area contributed by atoms with E-state index >= 15 is 0 Å². The van der Waals surface area contributed by atoms with E-state index in [1.807, 2.05) is 6.92 Å². The first-order valence-electron chi connectivity index (χ1n) is 6.58. The van der Waals surface area contributed by atoms with Crippen molar-refractivity contribution in [1.82, 2.24) is 5.32 Å². The number of benzene rings is 1. The molecular weight excluding hydrogens is 294 g/mol. The predicted molar refractivity (Wildman–Crippen MR) is 82.5 cm³/mol. The highest BCUT2D eigenvalue weighted by Gasteiger charge is 2.28. The third-order valence-corrected chi connectivity index (χ3v) is 5.99. The van der Waals surface area contributed by atoms with E-state index in [2.05, 4.69) is 29.6 Å². The topological polar surface area (TPSA) is 63.2 Å². The number of rotatable bonds is 5. The fourth-order valence-corrected chi connectivity index (χ4v) is 4.60. The Hall–Kier alpha value is -1.01. The van der Waals surface area contributed by atoms with Gasteiger partial charge in [0, 0.05) is 11.8 Å². The molecule has 0 saturated carbocycles. The minimum Gasteiger partial charge on any atom is -0.352 e. The Balaban J connectivity index is 1.69. The SMILES string of the molecule is Cc1ccc(CSCC(=O)NC2CCS(=O)(=O)C2)cc1. The molecule has 4 nitrogen and oxygen atoms in total. The maximum Gasteiger partial charge on any atom is 0.230 e. The van der Waals surface area contributed by atoms with Gasteiger partial charge in [-0.2, -0.15) is 0 Å². The first-order chi connectivity index (χ1) is 9.44. The molecule has 0 radical (unpaired) electrons. The number of hydrogen-bond donors (Lipinski definition) is 1. The second-order valence-electron chi connectivity index (χ2n) is 5.15. The maximum atomic E-state index is 11.7. The average molecular weight is 313 g/mol. The fourth-order valence-electron chi connectivity index (χ4n) is 2.12. The molecule has 20 heavy (non-hydrogen) atoms. The van der Waals surface area contributed by atoms with E-state index < -0.39 is 9.84 Å². The van der Waals surface area contributed by atoms with Crippen LogP contribution in [-0.2, 0) is 20.4 Å². The number of hydrogen-bond acceptors (Lipinski definition) is 4. The first kappa shape index (κ1) is 15.4. The van der Waals surface area contributed by atoms with Crippen LogP contribution in [0.5, 0.6) is 0 Å². The van der Waals surface area contributed by atoms with Crippen molar-refractivity contribution < 1.29 is 13.2 Å². The monoisotopic (exact) mass is 313 g/mol. The van der Waals surface area contributed by atoms with Gasteiger partial charge < -0.3 is 5.32 Å². The molecule has 1 aromatic carbocycles. The van der Waals surface area contributed by atoms with Gasteiger partial charge in [-0.1, -0.05) is 29.8 Å². The molecule has 0 aliphatic carbocycles. The molecule has 2 rings (SSSR count). The number of amides is 1. The molecule has 1 saturated heterocycles. The molecule has 1 heterocycles. The van der Waals surface area contributed by atoms with Gasteiger partial charge in [-0.3, -0.25) is 4.79 Å². The fraction of sp³-hybridized carbons (Fsp3) is 0.500. The average Bonchev–Trinajstić information content (AvgIpc) is 2.71. The summed E-state index contributed by atoms with van der Waals surface area (Å²) in [6, 6.07) is 8.03. The molecule has 0 bridgehead atoms. The van der Waals surface area contributed by atoms with Crippen LogP contribution in [0.2, 0.25) is 0 Å². The predicted octanol–water partition coefficient (Wildman–Crippen LogP) is 1.53. The highest BCUT2D eigenvalue weighted by atomic mass is 32.2. The summed E-state index contributed by atoms with van der Waals surface area (Å²) in [7, 11) is -2.93. The van der Waals surface area contributed by atoms with Crippen molar-refractivity contribution in [1.29, 1.82) is 0 Å².